The van der Waals surface area contributed by atoms with Crippen molar-refractivity contribution in [1.29, 1.82) is 0 Å². The second kappa shape index (κ2) is 12.3. The summed E-state index contributed by atoms with van der Waals surface area (Å²) in [5.74, 6) is 0.911. The zero-order valence-corrected chi connectivity index (χ0v) is 19.0. The Balaban J connectivity index is 0.00000529. The van der Waals surface area contributed by atoms with E-state index in [-0.39, 0.29) is 29.5 Å². The molecule has 1 unspecified atom stereocenters. The highest BCUT2D eigenvalue weighted by Gasteiger charge is 2.27. The molecule has 1 fully saturated rings. The predicted octanol–water partition coefficient (Wildman–Crippen LogP) is 2.76. The van der Waals surface area contributed by atoms with Gasteiger partial charge < -0.3 is 10.6 Å². The monoisotopic (exact) mass is 453 g/mol. The van der Waals surface area contributed by atoms with E-state index in [9.17, 15) is 0 Å². The van der Waals surface area contributed by atoms with Crippen molar-refractivity contribution in [3.05, 3.63) is 0 Å². The van der Waals surface area contributed by atoms with Crippen molar-refractivity contribution in [1.82, 2.24) is 20.4 Å². The first kappa shape index (κ1) is 23.9. The maximum atomic E-state index is 4.38. The first-order valence-electron chi connectivity index (χ1n) is 9.38. The second-order valence-corrected chi connectivity index (χ2v) is 7.24. The number of halogens is 1. The highest BCUT2D eigenvalue weighted by molar-refractivity contribution is 14.0. The molecule has 24 heavy (non-hydrogen) atoms. The first-order chi connectivity index (χ1) is 10.9. The van der Waals surface area contributed by atoms with Crippen LogP contribution in [0, 0.1) is 0 Å². The van der Waals surface area contributed by atoms with Gasteiger partial charge in [0.1, 0.15) is 0 Å². The minimum absolute atomic E-state index is 0. The molecule has 1 saturated heterocycles. The lowest BCUT2D eigenvalue weighted by Gasteiger charge is -2.41. The summed E-state index contributed by atoms with van der Waals surface area (Å²) >= 11 is 0. The van der Waals surface area contributed by atoms with E-state index in [0.717, 1.165) is 32.1 Å². The molecule has 144 valence electrons. The number of guanidine groups is 1. The standard InChI is InChI=1S/C18H39N5.HI/c1-7-22(8-2)16(3)14-20-17(19-6)21-15-18(4,5)23-12-10-9-11-13-23;/h16H,7-15H2,1-6H3,(H2,19,20,21);1H. The maximum Gasteiger partial charge on any atom is 0.191 e. The van der Waals surface area contributed by atoms with Gasteiger partial charge in [0, 0.05) is 31.7 Å². The van der Waals surface area contributed by atoms with Crippen LogP contribution >= 0.6 is 24.0 Å². The van der Waals surface area contributed by atoms with Gasteiger partial charge in [0.15, 0.2) is 5.96 Å². The Morgan fingerprint density at radius 2 is 1.71 bits per heavy atom. The number of hydrogen-bond donors (Lipinski definition) is 2. The van der Waals surface area contributed by atoms with E-state index in [4.69, 9.17) is 0 Å². The molecule has 0 spiro atoms. The number of piperidine rings is 1. The Morgan fingerprint density at radius 1 is 1.12 bits per heavy atom. The molecule has 1 heterocycles. The molecular weight excluding hydrogens is 413 g/mol. The Bertz CT molecular complexity index is 349. The molecule has 1 rings (SSSR count). The van der Waals surface area contributed by atoms with E-state index in [2.05, 4.69) is 60.0 Å². The van der Waals surface area contributed by atoms with Crippen molar-refractivity contribution >= 4 is 29.9 Å². The number of aliphatic imine (C=N–C) groups is 1. The molecular formula is C18H40IN5. The van der Waals surface area contributed by atoms with Crippen LogP contribution < -0.4 is 10.6 Å². The minimum Gasteiger partial charge on any atom is -0.355 e. The van der Waals surface area contributed by atoms with Crippen molar-refractivity contribution in [2.75, 3.05) is 46.3 Å². The molecule has 0 amide bonds. The van der Waals surface area contributed by atoms with Crippen LogP contribution in [0.25, 0.3) is 0 Å². The molecule has 0 aromatic carbocycles. The van der Waals surface area contributed by atoms with Crippen LogP contribution in [0.3, 0.4) is 0 Å². The van der Waals surface area contributed by atoms with E-state index >= 15 is 0 Å². The molecule has 2 N–H and O–H groups in total. The Hall–Kier alpha value is -0.0800. The summed E-state index contributed by atoms with van der Waals surface area (Å²) < 4.78 is 0. The van der Waals surface area contributed by atoms with E-state index in [1.807, 2.05) is 7.05 Å². The molecule has 5 nitrogen and oxygen atoms in total. The van der Waals surface area contributed by atoms with Gasteiger partial charge in [-0.2, -0.15) is 0 Å². The predicted molar refractivity (Wildman–Crippen MR) is 117 cm³/mol. The van der Waals surface area contributed by atoms with Crippen LogP contribution in [0.1, 0.15) is 53.9 Å². The quantitative estimate of drug-likeness (QED) is 0.337. The summed E-state index contributed by atoms with van der Waals surface area (Å²) in [6.07, 6.45) is 4.04. The number of hydrogen-bond acceptors (Lipinski definition) is 3. The number of nitrogens with one attached hydrogen (secondary N) is 2. The van der Waals surface area contributed by atoms with Gasteiger partial charge >= 0.3 is 0 Å². The average molecular weight is 453 g/mol. The lowest BCUT2D eigenvalue weighted by molar-refractivity contribution is 0.0982. The summed E-state index contributed by atoms with van der Waals surface area (Å²) in [5.41, 5.74) is 0.169. The third-order valence-corrected chi connectivity index (χ3v) is 5.12. The normalized spacial score (nSPS) is 18.2. The van der Waals surface area contributed by atoms with Crippen molar-refractivity contribution < 1.29 is 0 Å². The summed E-state index contributed by atoms with van der Waals surface area (Å²) in [7, 11) is 1.85. The molecule has 1 atom stereocenters. The number of nitrogens with zero attached hydrogens (tertiary/aromatic N) is 3. The van der Waals surface area contributed by atoms with E-state index in [0.29, 0.717) is 6.04 Å². The second-order valence-electron chi connectivity index (χ2n) is 7.24. The molecule has 0 saturated carbocycles. The lowest BCUT2D eigenvalue weighted by Crippen LogP contribution is -2.55. The smallest absolute Gasteiger partial charge is 0.191 e. The molecule has 6 heteroatoms. The van der Waals surface area contributed by atoms with Crippen LogP contribution in [0.4, 0.5) is 0 Å². The SMILES string of the molecule is CCN(CC)C(C)CNC(=NC)NCC(C)(C)N1CCCCC1.I. The topological polar surface area (TPSA) is 42.9 Å². The molecule has 0 aromatic heterocycles. The molecule has 1 aliphatic rings. The Morgan fingerprint density at radius 3 is 2.21 bits per heavy atom. The third-order valence-electron chi connectivity index (χ3n) is 5.12. The van der Waals surface area contributed by atoms with Crippen molar-refractivity contribution in [2.24, 2.45) is 4.99 Å². The molecule has 1 aliphatic heterocycles. The fourth-order valence-electron chi connectivity index (χ4n) is 3.35. The van der Waals surface area contributed by atoms with Gasteiger partial charge in [0.2, 0.25) is 0 Å². The summed E-state index contributed by atoms with van der Waals surface area (Å²) in [5, 5.41) is 6.99. The number of likely N-dealkylation sites (N-methyl/N-ethyl adjacent to an activating group) is 1. The summed E-state index contributed by atoms with van der Waals surface area (Å²) in [6, 6.07) is 0.513. The van der Waals surface area contributed by atoms with Crippen LogP contribution in [-0.4, -0.2) is 73.7 Å². The van der Waals surface area contributed by atoms with Gasteiger partial charge in [-0.3, -0.25) is 14.8 Å². The summed E-state index contributed by atoms with van der Waals surface area (Å²) in [6.45, 7) is 17.8. The summed E-state index contributed by atoms with van der Waals surface area (Å²) in [4.78, 5) is 9.44. The zero-order chi connectivity index (χ0) is 17.3. The van der Waals surface area contributed by atoms with Gasteiger partial charge in [-0.25, -0.2) is 0 Å². The maximum absolute atomic E-state index is 4.38. The average Bonchev–Trinajstić information content (AvgIpc) is 2.57. The lowest BCUT2D eigenvalue weighted by atomic mass is 9.98. The van der Waals surface area contributed by atoms with Crippen molar-refractivity contribution in [3.63, 3.8) is 0 Å². The number of likely N-dealkylation sites (tertiary alicyclic amines) is 1. The zero-order valence-electron chi connectivity index (χ0n) is 16.7. The van der Waals surface area contributed by atoms with Crippen molar-refractivity contribution in [3.8, 4) is 0 Å². The molecule has 0 radical (unpaired) electrons. The van der Waals surface area contributed by atoms with Crippen molar-refractivity contribution in [2.45, 2.75) is 65.5 Å². The van der Waals surface area contributed by atoms with Crippen LogP contribution in [0.2, 0.25) is 0 Å². The largest absolute Gasteiger partial charge is 0.355 e. The van der Waals surface area contributed by atoms with E-state index in [1.165, 1.54) is 32.4 Å². The molecule has 0 bridgehead atoms. The Labute approximate surface area is 167 Å². The first-order valence-corrected chi connectivity index (χ1v) is 9.38. The van der Waals surface area contributed by atoms with Crippen LogP contribution in [-0.2, 0) is 0 Å². The van der Waals surface area contributed by atoms with E-state index < -0.39 is 0 Å². The minimum atomic E-state index is 0. The number of rotatable bonds is 8. The van der Waals surface area contributed by atoms with E-state index in [1.54, 1.807) is 0 Å². The van der Waals surface area contributed by atoms with Gasteiger partial charge in [0.05, 0.1) is 0 Å². The Kier molecular flexibility index (Phi) is 12.3. The van der Waals surface area contributed by atoms with Gasteiger partial charge in [0.25, 0.3) is 0 Å². The highest BCUT2D eigenvalue weighted by Crippen LogP contribution is 2.19. The van der Waals surface area contributed by atoms with Crippen LogP contribution in [0.5, 0.6) is 0 Å². The third kappa shape index (κ3) is 7.87. The van der Waals surface area contributed by atoms with Gasteiger partial charge in [-0.05, 0) is 59.8 Å². The fourth-order valence-corrected chi connectivity index (χ4v) is 3.35. The molecule has 0 aromatic rings. The highest BCUT2D eigenvalue weighted by atomic mass is 127. The van der Waals surface area contributed by atoms with Gasteiger partial charge in [-0.15, -0.1) is 24.0 Å². The molecule has 0 aliphatic carbocycles. The van der Waals surface area contributed by atoms with Gasteiger partial charge in [-0.1, -0.05) is 20.3 Å². The van der Waals surface area contributed by atoms with Crippen LogP contribution in [0.15, 0.2) is 4.99 Å². The fraction of sp³-hybridized carbons (Fsp3) is 0.944.